The van der Waals surface area contributed by atoms with E-state index in [0.717, 1.165) is 19.6 Å². The van der Waals surface area contributed by atoms with E-state index in [9.17, 15) is 0 Å². The maximum absolute atomic E-state index is 3.79. The quantitative estimate of drug-likeness (QED) is 0.592. The fourth-order valence-electron chi connectivity index (χ4n) is 2.09. The molecular weight excluding hydrogens is 184 g/mol. The first-order valence-electron chi connectivity index (χ1n) is 6.03. The lowest BCUT2D eigenvalue weighted by Crippen LogP contribution is -2.38. The molecule has 1 heterocycles. The van der Waals surface area contributed by atoms with Gasteiger partial charge < -0.3 is 4.90 Å². The summed E-state index contributed by atoms with van der Waals surface area (Å²) in [5.41, 5.74) is 0. The minimum absolute atomic E-state index is 0.972. The van der Waals surface area contributed by atoms with Crippen LogP contribution in [0, 0.1) is 0 Å². The van der Waals surface area contributed by atoms with Crippen LogP contribution in [-0.2, 0) is 0 Å². The molecule has 0 aliphatic carbocycles. The normalized spacial score (nSPS) is 17.9. The smallest absolute Gasteiger partial charge is 0.0164 e. The summed E-state index contributed by atoms with van der Waals surface area (Å²) < 4.78 is 0. The Hall–Kier alpha value is -0.600. The maximum Gasteiger partial charge on any atom is 0.0164 e. The van der Waals surface area contributed by atoms with E-state index < -0.39 is 0 Å². The van der Waals surface area contributed by atoms with E-state index in [0.29, 0.717) is 0 Å². The number of piperidine rings is 1. The van der Waals surface area contributed by atoms with Gasteiger partial charge in [0.2, 0.25) is 0 Å². The van der Waals surface area contributed by atoms with E-state index in [4.69, 9.17) is 0 Å². The molecule has 0 radical (unpaired) electrons. The van der Waals surface area contributed by atoms with Gasteiger partial charge >= 0.3 is 0 Å². The predicted octanol–water partition coefficient (Wildman–Crippen LogP) is 2.15. The Morgan fingerprint density at radius 1 is 1.00 bits per heavy atom. The Bertz CT molecular complexity index is 173. The predicted molar refractivity (Wildman–Crippen MR) is 67.1 cm³/mol. The molecule has 2 nitrogen and oxygen atoms in total. The minimum atomic E-state index is 0.972. The second-order valence-corrected chi connectivity index (χ2v) is 4.24. The number of likely N-dealkylation sites (tertiary alicyclic amines) is 1. The zero-order chi connectivity index (χ0) is 10.9. The van der Waals surface area contributed by atoms with Gasteiger partial charge in [-0.2, -0.15) is 0 Å². The van der Waals surface area contributed by atoms with Crippen LogP contribution in [-0.4, -0.2) is 49.1 Å². The molecule has 0 aromatic carbocycles. The molecule has 0 bridgehead atoms. The molecule has 1 saturated heterocycles. The summed E-state index contributed by atoms with van der Waals surface area (Å²) in [4.78, 5) is 4.96. The SMILES string of the molecule is C=CCN(CC=C)CCN1CCCCC1. The third-order valence-electron chi connectivity index (χ3n) is 2.96. The monoisotopic (exact) mass is 208 g/mol. The number of rotatable bonds is 7. The second kappa shape index (κ2) is 7.66. The Morgan fingerprint density at radius 3 is 2.13 bits per heavy atom. The van der Waals surface area contributed by atoms with E-state index >= 15 is 0 Å². The number of nitrogens with zero attached hydrogens (tertiary/aromatic N) is 2. The minimum Gasteiger partial charge on any atom is -0.302 e. The third kappa shape index (κ3) is 5.14. The molecule has 1 fully saturated rings. The van der Waals surface area contributed by atoms with Gasteiger partial charge in [0.1, 0.15) is 0 Å². The van der Waals surface area contributed by atoms with Crippen molar-refractivity contribution in [3.8, 4) is 0 Å². The van der Waals surface area contributed by atoms with E-state index in [1.54, 1.807) is 0 Å². The van der Waals surface area contributed by atoms with Gasteiger partial charge in [-0.25, -0.2) is 0 Å². The van der Waals surface area contributed by atoms with Gasteiger partial charge in [-0.1, -0.05) is 18.6 Å². The molecule has 1 aliphatic rings. The Kier molecular flexibility index (Phi) is 6.37. The van der Waals surface area contributed by atoms with Crippen molar-refractivity contribution in [1.82, 2.24) is 9.80 Å². The zero-order valence-corrected chi connectivity index (χ0v) is 9.83. The van der Waals surface area contributed by atoms with Gasteiger partial charge in [0.05, 0.1) is 0 Å². The van der Waals surface area contributed by atoms with E-state index in [2.05, 4.69) is 23.0 Å². The van der Waals surface area contributed by atoms with E-state index in [1.165, 1.54) is 38.9 Å². The van der Waals surface area contributed by atoms with Gasteiger partial charge in [0, 0.05) is 26.2 Å². The van der Waals surface area contributed by atoms with Crippen molar-refractivity contribution in [2.45, 2.75) is 19.3 Å². The first-order chi connectivity index (χ1) is 7.36. The second-order valence-electron chi connectivity index (χ2n) is 4.24. The van der Waals surface area contributed by atoms with Crippen molar-refractivity contribution in [3.63, 3.8) is 0 Å². The highest BCUT2D eigenvalue weighted by Crippen LogP contribution is 2.08. The van der Waals surface area contributed by atoms with E-state index in [-0.39, 0.29) is 0 Å². The topological polar surface area (TPSA) is 6.48 Å². The number of hydrogen-bond acceptors (Lipinski definition) is 2. The third-order valence-corrected chi connectivity index (χ3v) is 2.96. The Balaban J connectivity index is 2.18. The molecule has 0 unspecified atom stereocenters. The average Bonchev–Trinajstić information content (AvgIpc) is 2.28. The Morgan fingerprint density at radius 2 is 1.60 bits per heavy atom. The highest BCUT2D eigenvalue weighted by atomic mass is 15.2. The molecule has 0 N–H and O–H groups in total. The molecule has 2 heteroatoms. The molecule has 0 aromatic rings. The molecule has 0 amide bonds. The molecule has 1 rings (SSSR count). The van der Waals surface area contributed by atoms with Crippen LogP contribution in [0.25, 0.3) is 0 Å². The molecule has 86 valence electrons. The van der Waals surface area contributed by atoms with Gasteiger partial charge in [-0.05, 0) is 25.9 Å². The highest BCUT2D eigenvalue weighted by molar-refractivity contribution is 4.80. The summed E-state index contributed by atoms with van der Waals surface area (Å²) in [5.74, 6) is 0. The lowest BCUT2D eigenvalue weighted by atomic mass is 10.1. The van der Waals surface area contributed by atoms with Crippen LogP contribution in [0.2, 0.25) is 0 Å². The molecule has 0 saturated carbocycles. The lowest BCUT2D eigenvalue weighted by molar-refractivity contribution is 0.195. The van der Waals surface area contributed by atoms with Crippen molar-refractivity contribution in [3.05, 3.63) is 25.3 Å². The van der Waals surface area contributed by atoms with Gasteiger partial charge in [0.15, 0.2) is 0 Å². The van der Waals surface area contributed by atoms with Crippen LogP contribution in [0.15, 0.2) is 25.3 Å². The van der Waals surface area contributed by atoms with Crippen LogP contribution in [0.1, 0.15) is 19.3 Å². The standard InChI is InChI=1S/C13H24N2/c1-3-8-14(9-4-2)12-13-15-10-6-5-7-11-15/h3-4H,1-2,5-13H2. The molecule has 0 aromatic heterocycles. The maximum atomic E-state index is 3.79. The van der Waals surface area contributed by atoms with Crippen LogP contribution in [0.4, 0.5) is 0 Å². The van der Waals surface area contributed by atoms with Crippen molar-refractivity contribution < 1.29 is 0 Å². The van der Waals surface area contributed by atoms with Gasteiger partial charge in [-0.15, -0.1) is 13.2 Å². The van der Waals surface area contributed by atoms with Crippen molar-refractivity contribution >= 4 is 0 Å². The summed E-state index contributed by atoms with van der Waals surface area (Å²) in [6.45, 7) is 14.4. The molecule has 15 heavy (non-hydrogen) atoms. The number of hydrogen-bond donors (Lipinski definition) is 0. The van der Waals surface area contributed by atoms with Crippen LogP contribution >= 0.6 is 0 Å². The van der Waals surface area contributed by atoms with Crippen LogP contribution in [0.3, 0.4) is 0 Å². The fourth-order valence-corrected chi connectivity index (χ4v) is 2.09. The van der Waals surface area contributed by atoms with Gasteiger partial charge in [-0.3, -0.25) is 4.90 Å². The van der Waals surface area contributed by atoms with Gasteiger partial charge in [0.25, 0.3) is 0 Å². The van der Waals surface area contributed by atoms with Crippen LogP contribution in [0.5, 0.6) is 0 Å². The first kappa shape index (κ1) is 12.5. The lowest BCUT2D eigenvalue weighted by Gasteiger charge is -2.29. The summed E-state index contributed by atoms with van der Waals surface area (Å²) in [6, 6.07) is 0. The van der Waals surface area contributed by atoms with Crippen molar-refractivity contribution in [1.29, 1.82) is 0 Å². The molecule has 0 atom stereocenters. The van der Waals surface area contributed by atoms with E-state index in [1.807, 2.05) is 12.2 Å². The largest absolute Gasteiger partial charge is 0.302 e. The summed E-state index contributed by atoms with van der Waals surface area (Å²) in [6.07, 6.45) is 8.12. The fraction of sp³-hybridized carbons (Fsp3) is 0.692. The molecular formula is C13H24N2. The summed E-state index contributed by atoms with van der Waals surface area (Å²) in [7, 11) is 0. The molecule has 1 aliphatic heterocycles. The first-order valence-corrected chi connectivity index (χ1v) is 6.03. The highest BCUT2D eigenvalue weighted by Gasteiger charge is 2.10. The summed E-state index contributed by atoms with van der Waals surface area (Å²) >= 11 is 0. The van der Waals surface area contributed by atoms with Crippen LogP contribution < -0.4 is 0 Å². The summed E-state index contributed by atoms with van der Waals surface area (Å²) in [5, 5.41) is 0. The Labute approximate surface area is 94.3 Å². The van der Waals surface area contributed by atoms with Crippen molar-refractivity contribution in [2.24, 2.45) is 0 Å². The molecule has 0 spiro atoms. The average molecular weight is 208 g/mol. The zero-order valence-electron chi connectivity index (χ0n) is 9.83. The van der Waals surface area contributed by atoms with Crippen molar-refractivity contribution in [2.75, 3.05) is 39.3 Å².